The first-order valence-corrected chi connectivity index (χ1v) is 13.2. The molecule has 3 aromatic rings. The van der Waals surface area contributed by atoms with Crippen LogP contribution in [-0.4, -0.2) is 64.6 Å². The van der Waals surface area contributed by atoms with Gasteiger partial charge in [-0.1, -0.05) is 32.1 Å². The Labute approximate surface area is 233 Å². The van der Waals surface area contributed by atoms with Crippen LogP contribution in [-0.2, 0) is 27.3 Å². The van der Waals surface area contributed by atoms with Crippen LogP contribution in [0.2, 0.25) is 0 Å². The number of H-pyrrole nitrogens is 1. The lowest BCUT2D eigenvalue weighted by molar-refractivity contribution is -0.123. The molecule has 3 amide bonds. The third-order valence-electron chi connectivity index (χ3n) is 6.35. The van der Waals surface area contributed by atoms with Gasteiger partial charge in [-0.2, -0.15) is 0 Å². The minimum atomic E-state index is -0.990. The third kappa shape index (κ3) is 7.81. The lowest BCUT2D eigenvalue weighted by Crippen LogP contribution is -2.44. The number of carbonyl (C=O) groups is 3. The molecule has 214 valence electrons. The van der Waals surface area contributed by atoms with Crippen molar-refractivity contribution in [2.45, 2.75) is 52.6 Å². The smallest absolute Gasteiger partial charge is 0.407 e. The molecular formula is C29H38N6O5. The van der Waals surface area contributed by atoms with E-state index in [1.807, 2.05) is 19.1 Å². The Kier molecular flexibility index (Phi) is 10.2. The number of alkyl carbamates (subject to hydrolysis) is 1. The molecule has 0 spiro atoms. The minimum absolute atomic E-state index is 0.0715. The minimum Gasteiger partial charge on any atom is -0.453 e. The van der Waals surface area contributed by atoms with Crippen LogP contribution in [0.5, 0.6) is 0 Å². The number of ether oxygens (including phenoxy) is 1. The highest BCUT2D eigenvalue weighted by Crippen LogP contribution is 2.20. The summed E-state index contributed by atoms with van der Waals surface area (Å²) in [5.74, 6) is 0.337. The number of rotatable bonds is 11. The van der Waals surface area contributed by atoms with Gasteiger partial charge in [0.1, 0.15) is 17.6 Å². The normalized spacial score (nSPS) is 12.1. The number of aromatic nitrogens is 3. The average Bonchev–Trinajstić information content (AvgIpc) is 3.33. The summed E-state index contributed by atoms with van der Waals surface area (Å²) in [6.45, 7) is 6.31. The SMILES string of the molecule is COC(=O)NC(CC/C=C/C(=O)N(C)C)C(=O)Nc1ccc(C)n(Cc2nc3c(CC(C)C)cccc3[nH]2)c1=O. The summed E-state index contributed by atoms with van der Waals surface area (Å²) < 4.78 is 6.19. The van der Waals surface area contributed by atoms with Crippen LogP contribution in [0.1, 0.15) is 43.8 Å². The second-order valence-corrected chi connectivity index (χ2v) is 10.3. The molecule has 0 fully saturated rings. The topological polar surface area (TPSA) is 138 Å². The number of hydrogen-bond donors (Lipinski definition) is 3. The molecule has 11 heteroatoms. The number of benzene rings is 1. The number of fused-ring (bicyclic) bond motifs is 1. The van der Waals surface area contributed by atoms with E-state index in [0.717, 1.165) is 23.0 Å². The van der Waals surface area contributed by atoms with Crippen molar-refractivity contribution < 1.29 is 19.1 Å². The number of methoxy groups -OCH3 is 1. The number of imidazole rings is 1. The zero-order valence-electron chi connectivity index (χ0n) is 23.9. The molecule has 0 saturated carbocycles. The lowest BCUT2D eigenvalue weighted by atomic mass is 10.0. The van der Waals surface area contributed by atoms with Crippen LogP contribution < -0.4 is 16.2 Å². The van der Waals surface area contributed by atoms with E-state index < -0.39 is 23.6 Å². The Balaban J connectivity index is 1.80. The zero-order chi connectivity index (χ0) is 29.4. The second-order valence-electron chi connectivity index (χ2n) is 10.3. The molecule has 1 unspecified atom stereocenters. The van der Waals surface area contributed by atoms with E-state index in [1.54, 1.807) is 26.2 Å². The molecule has 1 atom stereocenters. The maximum atomic E-state index is 13.4. The molecule has 3 N–H and O–H groups in total. The molecule has 11 nitrogen and oxygen atoms in total. The van der Waals surface area contributed by atoms with Gasteiger partial charge >= 0.3 is 6.09 Å². The molecule has 40 heavy (non-hydrogen) atoms. The Bertz CT molecular complexity index is 1450. The van der Waals surface area contributed by atoms with Crippen LogP contribution in [0.4, 0.5) is 10.5 Å². The standard InChI is InChI=1S/C29H38N6O5/c1-18(2)16-20-10-9-12-21-26(20)33-24(30-21)17-35-19(3)14-15-23(28(35)38)31-27(37)22(32-29(39)40-6)11-7-8-13-25(36)34(4)5/h8-10,12-15,18,22H,7,11,16-17H2,1-6H3,(H,30,33)(H,31,37)(H,32,39)/b13-8+. The molecule has 0 aliphatic carbocycles. The number of allylic oxidation sites excluding steroid dienone is 1. The lowest BCUT2D eigenvalue weighted by Gasteiger charge is -2.18. The number of likely N-dealkylation sites (N-methyl/N-ethyl adjacent to an activating group) is 1. The van der Waals surface area contributed by atoms with E-state index >= 15 is 0 Å². The number of pyridine rings is 1. The highest BCUT2D eigenvalue weighted by molar-refractivity contribution is 5.96. The number of amides is 3. The van der Waals surface area contributed by atoms with E-state index in [1.165, 1.54) is 28.7 Å². The van der Waals surface area contributed by atoms with Gasteiger partial charge in [0.05, 0.1) is 24.7 Å². The molecule has 0 radical (unpaired) electrons. The van der Waals surface area contributed by atoms with Crippen molar-refractivity contribution in [3.63, 3.8) is 0 Å². The number of aryl methyl sites for hydroxylation is 1. The molecule has 0 aliphatic heterocycles. The first-order valence-electron chi connectivity index (χ1n) is 13.2. The van der Waals surface area contributed by atoms with E-state index in [-0.39, 0.29) is 24.6 Å². The number of nitrogens with zero attached hydrogens (tertiary/aromatic N) is 3. The van der Waals surface area contributed by atoms with Crippen LogP contribution in [0, 0.1) is 12.8 Å². The highest BCUT2D eigenvalue weighted by Gasteiger charge is 2.22. The van der Waals surface area contributed by atoms with Crippen LogP contribution in [0.15, 0.2) is 47.3 Å². The Morgan fingerprint density at radius 2 is 1.93 bits per heavy atom. The van der Waals surface area contributed by atoms with Gasteiger partial charge in [-0.15, -0.1) is 0 Å². The zero-order valence-corrected chi connectivity index (χ0v) is 23.9. The quantitative estimate of drug-likeness (QED) is 0.313. The summed E-state index contributed by atoms with van der Waals surface area (Å²) in [6, 6.07) is 8.30. The average molecular weight is 551 g/mol. The fraction of sp³-hybridized carbons (Fsp3) is 0.414. The summed E-state index contributed by atoms with van der Waals surface area (Å²) in [5.41, 5.74) is 3.31. The molecule has 0 aliphatic rings. The van der Waals surface area contributed by atoms with Gasteiger partial charge in [0.25, 0.3) is 5.56 Å². The monoisotopic (exact) mass is 550 g/mol. The van der Waals surface area contributed by atoms with E-state index in [9.17, 15) is 19.2 Å². The van der Waals surface area contributed by atoms with Gasteiger partial charge in [-0.25, -0.2) is 9.78 Å². The van der Waals surface area contributed by atoms with E-state index in [0.29, 0.717) is 23.9 Å². The molecule has 3 rings (SSSR count). The maximum absolute atomic E-state index is 13.4. The summed E-state index contributed by atoms with van der Waals surface area (Å²) in [6.07, 6.45) is 3.66. The van der Waals surface area contributed by atoms with Crippen molar-refractivity contribution in [2.24, 2.45) is 5.92 Å². The van der Waals surface area contributed by atoms with Gasteiger partial charge in [0, 0.05) is 19.8 Å². The molecule has 2 aromatic heterocycles. The van der Waals surface area contributed by atoms with Gasteiger partial charge in [0.15, 0.2) is 0 Å². The Morgan fingerprint density at radius 3 is 2.60 bits per heavy atom. The van der Waals surface area contributed by atoms with Gasteiger partial charge in [-0.05, 0) is 61.9 Å². The van der Waals surface area contributed by atoms with E-state index in [2.05, 4.69) is 40.3 Å². The van der Waals surface area contributed by atoms with Crippen LogP contribution in [0.3, 0.4) is 0 Å². The van der Waals surface area contributed by atoms with Crippen molar-refractivity contribution in [1.29, 1.82) is 0 Å². The fourth-order valence-electron chi connectivity index (χ4n) is 4.22. The van der Waals surface area contributed by atoms with E-state index in [4.69, 9.17) is 4.98 Å². The van der Waals surface area contributed by atoms with Crippen molar-refractivity contribution in [3.05, 3.63) is 69.9 Å². The highest BCUT2D eigenvalue weighted by atomic mass is 16.5. The maximum Gasteiger partial charge on any atom is 0.407 e. The molecule has 2 heterocycles. The summed E-state index contributed by atoms with van der Waals surface area (Å²) >= 11 is 0. The van der Waals surface area contributed by atoms with Gasteiger partial charge < -0.3 is 29.8 Å². The number of carbonyl (C=O) groups excluding carboxylic acids is 3. The van der Waals surface area contributed by atoms with Crippen LogP contribution >= 0.6 is 0 Å². The number of anilines is 1. The summed E-state index contributed by atoms with van der Waals surface area (Å²) in [7, 11) is 4.46. The number of nitrogens with one attached hydrogen (secondary N) is 3. The predicted octanol–water partition coefficient (Wildman–Crippen LogP) is 3.37. The first-order chi connectivity index (χ1) is 19.0. The van der Waals surface area contributed by atoms with Crippen LogP contribution in [0.25, 0.3) is 11.0 Å². The van der Waals surface area contributed by atoms with Gasteiger partial charge in [0.2, 0.25) is 11.8 Å². The molecule has 0 saturated heterocycles. The predicted molar refractivity (Wildman–Crippen MR) is 154 cm³/mol. The van der Waals surface area contributed by atoms with Crippen molar-refractivity contribution in [2.75, 3.05) is 26.5 Å². The molecule has 1 aromatic carbocycles. The summed E-state index contributed by atoms with van der Waals surface area (Å²) in [5, 5.41) is 5.14. The number of para-hydroxylation sites is 1. The van der Waals surface area contributed by atoms with Crippen molar-refractivity contribution in [1.82, 2.24) is 24.8 Å². The third-order valence-corrected chi connectivity index (χ3v) is 6.35. The largest absolute Gasteiger partial charge is 0.453 e. The first kappa shape index (κ1) is 30.1. The van der Waals surface area contributed by atoms with Gasteiger partial charge in [-0.3, -0.25) is 14.4 Å². The summed E-state index contributed by atoms with van der Waals surface area (Å²) in [4.78, 5) is 59.6. The molecular weight excluding hydrogens is 512 g/mol. The number of aromatic amines is 1. The Morgan fingerprint density at radius 1 is 1.18 bits per heavy atom. The van der Waals surface area contributed by atoms with Crippen molar-refractivity contribution in [3.8, 4) is 0 Å². The van der Waals surface area contributed by atoms with Crippen molar-refractivity contribution >= 4 is 34.6 Å². The molecule has 0 bridgehead atoms. The number of hydrogen-bond acceptors (Lipinski definition) is 6. The Hall–Kier alpha value is -4.41. The fourth-order valence-corrected chi connectivity index (χ4v) is 4.22. The second kappa shape index (κ2) is 13.6.